The van der Waals surface area contributed by atoms with E-state index < -0.39 is 0 Å². The number of anilines is 1. The number of carbonyl (C=O) groups excluding carboxylic acids is 1. The van der Waals surface area contributed by atoms with Crippen molar-refractivity contribution >= 4 is 33.1 Å². The molecular weight excluding hydrogens is 324 g/mol. The Balaban J connectivity index is 1.67. The molecule has 124 valence electrons. The van der Waals surface area contributed by atoms with Crippen molar-refractivity contribution in [2.45, 2.75) is 13.8 Å². The molecule has 2 aromatic carbocycles. The van der Waals surface area contributed by atoms with Crippen LogP contribution in [0.15, 0.2) is 41.2 Å². The standard InChI is InChI=1S/C18H18N2O3S/c1-11-4-7-15(12(2)8-11)23-10-17(21)19-13-5-6-14-16(9-13)24-18(22)20(14)3/h4-9H,10H2,1-3H3,(H,19,21). The molecule has 24 heavy (non-hydrogen) atoms. The Hall–Kier alpha value is -2.60. The minimum atomic E-state index is -0.238. The molecule has 1 N–H and O–H groups in total. The van der Waals surface area contributed by atoms with Gasteiger partial charge in [-0.1, -0.05) is 29.0 Å². The fraction of sp³-hybridized carbons (Fsp3) is 0.222. The average Bonchev–Trinajstić information content (AvgIpc) is 2.81. The first-order valence-electron chi connectivity index (χ1n) is 7.53. The maximum Gasteiger partial charge on any atom is 0.307 e. The molecule has 0 aliphatic carbocycles. The lowest BCUT2D eigenvalue weighted by Gasteiger charge is -2.10. The molecule has 0 bridgehead atoms. The number of nitrogens with zero attached hydrogens (tertiary/aromatic N) is 1. The number of benzene rings is 2. The van der Waals surface area contributed by atoms with Crippen molar-refractivity contribution in [1.82, 2.24) is 4.57 Å². The Morgan fingerprint density at radius 2 is 2.00 bits per heavy atom. The van der Waals surface area contributed by atoms with E-state index in [0.29, 0.717) is 11.4 Å². The minimum absolute atomic E-state index is 0.0216. The van der Waals surface area contributed by atoms with Crippen LogP contribution in [-0.4, -0.2) is 17.1 Å². The topological polar surface area (TPSA) is 60.3 Å². The predicted octanol–water partition coefficient (Wildman–Crippen LogP) is 3.23. The zero-order valence-electron chi connectivity index (χ0n) is 13.8. The highest BCUT2D eigenvalue weighted by atomic mass is 32.1. The van der Waals surface area contributed by atoms with Gasteiger partial charge < -0.3 is 14.6 Å². The molecule has 0 spiro atoms. The molecule has 0 unspecified atom stereocenters. The molecule has 0 fully saturated rings. The normalized spacial score (nSPS) is 10.8. The largest absolute Gasteiger partial charge is 0.483 e. The number of hydrogen-bond donors (Lipinski definition) is 1. The summed E-state index contributed by atoms with van der Waals surface area (Å²) in [6, 6.07) is 11.2. The highest BCUT2D eigenvalue weighted by molar-refractivity contribution is 7.16. The van der Waals surface area contributed by atoms with Gasteiger partial charge in [0, 0.05) is 12.7 Å². The van der Waals surface area contributed by atoms with Crippen LogP contribution in [0.4, 0.5) is 5.69 Å². The van der Waals surface area contributed by atoms with E-state index in [1.807, 2.05) is 38.1 Å². The SMILES string of the molecule is Cc1ccc(OCC(=O)Nc2ccc3c(c2)sc(=O)n3C)c(C)c1. The third-order valence-corrected chi connectivity index (χ3v) is 4.76. The summed E-state index contributed by atoms with van der Waals surface area (Å²) < 4.78 is 8.01. The van der Waals surface area contributed by atoms with Crippen molar-refractivity contribution < 1.29 is 9.53 Å². The number of thiazole rings is 1. The molecular formula is C18H18N2O3S. The molecule has 1 heterocycles. The van der Waals surface area contributed by atoms with Gasteiger partial charge in [-0.05, 0) is 43.7 Å². The van der Waals surface area contributed by atoms with Crippen molar-refractivity contribution in [1.29, 1.82) is 0 Å². The summed E-state index contributed by atoms with van der Waals surface area (Å²) >= 11 is 1.16. The Morgan fingerprint density at radius 1 is 1.21 bits per heavy atom. The van der Waals surface area contributed by atoms with Gasteiger partial charge >= 0.3 is 4.87 Å². The molecule has 3 rings (SSSR count). The number of rotatable bonds is 4. The highest BCUT2D eigenvalue weighted by Crippen LogP contribution is 2.21. The summed E-state index contributed by atoms with van der Waals surface area (Å²) in [6.45, 7) is 3.90. The fourth-order valence-corrected chi connectivity index (χ4v) is 3.43. The summed E-state index contributed by atoms with van der Waals surface area (Å²) in [4.78, 5) is 23.7. The van der Waals surface area contributed by atoms with Gasteiger partial charge in [-0.25, -0.2) is 0 Å². The third-order valence-electron chi connectivity index (χ3n) is 3.77. The Labute approximate surface area is 143 Å². The number of nitrogens with one attached hydrogen (secondary N) is 1. The van der Waals surface area contributed by atoms with Crippen LogP contribution in [0.3, 0.4) is 0 Å². The average molecular weight is 342 g/mol. The maximum absolute atomic E-state index is 12.1. The highest BCUT2D eigenvalue weighted by Gasteiger charge is 2.08. The zero-order chi connectivity index (χ0) is 17.3. The van der Waals surface area contributed by atoms with Gasteiger partial charge in [0.15, 0.2) is 6.61 Å². The van der Waals surface area contributed by atoms with Crippen LogP contribution in [0.2, 0.25) is 0 Å². The molecule has 0 radical (unpaired) electrons. The molecule has 0 atom stereocenters. The van der Waals surface area contributed by atoms with Crippen molar-refractivity contribution in [3.63, 3.8) is 0 Å². The first-order valence-corrected chi connectivity index (χ1v) is 8.35. The van der Waals surface area contributed by atoms with Crippen LogP contribution >= 0.6 is 11.3 Å². The van der Waals surface area contributed by atoms with Crippen molar-refractivity contribution in [3.05, 3.63) is 57.2 Å². The van der Waals surface area contributed by atoms with Gasteiger partial charge in [-0.2, -0.15) is 0 Å². The van der Waals surface area contributed by atoms with Gasteiger partial charge in [0.25, 0.3) is 5.91 Å². The van der Waals surface area contributed by atoms with E-state index in [2.05, 4.69) is 5.32 Å². The van der Waals surface area contributed by atoms with Crippen LogP contribution in [0, 0.1) is 13.8 Å². The molecule has 5 nitrogen and oxygen atoms in total. The van der Waals surface area contributed by atoms with E-state index in [0.717, 1.165) is 32.7 Å². The quantitative estimate of drug-likeness (QED) is 0.792. The first kappa shape index (κ1) is 16.3. The summed E-state index contributed by atoms with van der Waals surface area (Å²) in [7, 11) is 1.73. The van der Waals surface area contributed by atoms with Crippen molar-refractivity contribution in [3.8, 4) is 5.75 Å². The minimum Gasteiger partial charge on any atom is -0.483 e. The zero-order valence-corrected chi connectivity index (χ0v) is 14.6. The Bertz CT molecular complexity index is 972. The predicted molar refractivity (Wildman–Crippen MR) is 97.1 cm³/mol. The monoisotopic (exact) mass is 342 g/mol. The van der Waals surface area contributed by atoms with E-state index in [-0.39, 0.29) is 17.4 Å². The summed E-state index contributed by atoms with van der Waals surface area (Å²) in [6.07, 6.45) is 0. The van der Waals surface area contributed by atoms with Gasteiger partial charge in [-0.15, -0.1) is 0 Å². The summed E-state index contributed by atoms with van der Waals surface area (Å²) in [5.74, 6) is 0.463. The van der Waals surface area contributed by atoms with Crippen molar-refractivity contribution in [2.75, 3.05) is 11.9 Å². The number of aryl methyl sites for hydroxylation is 3. The van der Waals surface area contributed by atoms with E-state index in [4.69, 9.17) is 4.74 Å². The lowest BCUT2D eigenvalue weighted by Crippen LogP contribution is -2.20. The van der Waals surface area contributed by atoms with Gasteiger partial charge in [0.1, 0.15) is 5.75 Å². The Morgan fingerprint density at radius 3 is 2.75 bits per heavy atom. The number of amides is 1. The second-order valence-electron chi connectivity index (χ2n) is 5.72. The molecule has 0 aliphatic rings. The smallest absolute Gasteiger partial charge is 0.307 e. The number of ether oxygens (including phenoxy) is 1. The van der Waals surface area contributed by atoms with Gasteiger partial charge in [0.05, 0.1) is 10.2 Å². The van der Waals surface area contributed by atoms with Crippen LogP contribution in [0.1, 0.15) is 11.1 Å². The molecule has 1 amide bonds. The molecule has 1 aromatic heterocycles. The number of aromatic nitrogens is 1. The maximum atomic E-state index is 12.1. The second kappa shape index (κ2) is 6.49. The summed E-state index contributed by atoms with van der Waals surface area (Å²) in [5.41, 5.74) is 3.66. The fourth-order valence-electron chi connectivity index (χ4n) is 2.51. The Kier molecular flexibility index (Phi) is 4.40. The van der Waals surface area contributed by atoms with E-state index in [1.54, 1.807) is 23.7 Å². The lowest BCUT2D eigenvalue weighted by molar-refractivity contribution is -0.118. The van der Waals surface area contributed by atoms with Gasteiger partial charge in [-0.3, -0.25) is 9.59 Å². The second-order valence-corrected chi connectivity index (χ2v) is 6.71. The number of fused-ring (bicyclic) bond motifs is 1. The molecule has 0 saturated carbocycles. The molecule has 0 saturated heterocycles. The number of carbonyl (C=O) groups is 1. The molecule has 0 aliphatic heterocycles. The molecule has 6 heteroatoms. The first-order chi connectivity index (χ1) is 11.4. The summed E-state index contributed by atoms with van der Waals surface area (Å²) in [5, 5.41) is 2.80. The number of hydrogen-bond acceptors (Lipinski definition) is 4. The lowest BCUT2D eigenvalue weighted by atomic mass is 10.1. The van der Waals surface area contributed by atoms with Crippen LogP contribution in [0.5, 0.6) is 5.75 Å². The van der Waals surface area contributed by atoms with Crippen LogP contribution in [0.25, 0.3) is 10.2 Å². The third kappa shape index (κ3) is 3.33. The van der Waals surface area contributed by atoms with Crippen molar-refractivity contribution in [2.24, 2.45) is 7.05 Å². The van der Waals surface area contributed by atoms with E-state index in [9.17, 15) is 9.59 Å². The van der Waals surface area contributed by atoms with Crippen LogP contribution in [-0.2, 0) is 11.8 Å². The van der Waals surface area contributed by atoms with Gasteiger partial charge in [0.2, 0.25) is 0 Å². The molecule has 3 aromatic rings. The van der Waals surface area contributed by atoms with Crippen LogP contribution < -0.4 is 14.9 Å². The van der Waals surface area contributed by atoms with E-state index in [1.165, 1.54) is 0 Å². The van der Waals surface area contributed by atoms with E-state index >= 15 is 0 Å².